The molecule has 0 aliphatic rings. The fraction of sp³-hybridized carbons (Fsp3) is 0.444. The van der Waals surface area contributed by atoms with Gasteiger partial charge in [0.15, 0.2) is 11.1 Å². The first-order chi connectivity index (χ1) is 12.4. The van der Waals surface area contributed by atoms with Crippen LogP contribution in [-0.4, -0.2) is 54.8 Å². The zero-order valence-corrected chi connectivity index (χ0v) is 16.6. The van der Waals surface area contributed by atoms with Crippen molar-refractivity contribution in [2.75, 3.05) is 33.9 Å². The maximum absolute atomic E-state index is 11.1. The quantitative estimate of drug-likeness (QED) is 0.654. The van der Waals surface area contributed by atoms with E-state index in [1.165, 1.54) is 18.4 Å². The van der Waals surface area contributed by atoms with Crippen LogP contribution in [0.3, 0.4) is 0 Å². The number of halogens is 1. The minimum absolute atomic E-state index is 0.105. The zero-order chi connectivity index (χ0) is 19.1. The molecule has 2 atom stereocenters. The molecule has 0 aliphatic heterocycles. The van der Waals surface area contributed by atoms with Gasteiger partial charge < -0.3 is 19.5 Å². The minimum Gasteiger partial charge on any atom is -0.482 e. The molecule has 8 heteroatoms. The molecule has 0 saturated heterocycles. The number of aromatic nitrogens is 1. The van der Waals surface area contributed by atoms with Gasteiger partial charge in [0.25, 0.3) is 0 Å². The molecule has 0 spiro atoms. The molecule has 0 bridgehead atoms. The molecular weight excluding hydrogens is 376 g/mol. The number of nitrogens with zero attached hydrogens (tertiary/aromatic N) is 2. The Balaban J connectivity index is 1.84. The fourth-order valence-corrected chi connectivity index (χ4v) is 3.36. The van der Waals surface area contributed by atoms with E-state index in [0.29, 0.717) is 22.5 Å². The summed E-state index contributed by atoms with van der Waals surface area (Å²) < 4.78 is 10.3. The van der Waals surface area contributed by atoms with E-state index in [1.54, 1.807) is 5.38 Å². The number of methoxy groups -OCH3 is 1. The monoisotopic (exact) mass is 398 g/mol. The number of carbonyl (C=O) groups excluding carboxylic acids is 1. The van der Waals surface area contributed by atoms with Crippen molar-refractivity contribution in [3.05, 3.63) is 45.4 Å². The average Bonchev–Trinajstić information content (AvgIpc) is 3.06. The minimum atomic E-state index is -0.662. The van der Waals surface area contributed by atoms with Gasteiger partial charge in [0.05, 0.1) is 12.8 Å². The van der Waals surface area contributed by atoms with E-state index in [0.717, 1.165) is 12.1 Å². The van der Waals surface area contributed by atoms with Crippen molar-refractivity contribution in [3.63, 3.8) is 0 Å². The molecular formula is C18H23ClN2O4S. The molecule has 1 aromatic heterocycles. The Labute approximate surface area is 162 Å². The smallest absolute Gasteiger partial charge is 0.343 e. The Morgan fingerprint density at radius 2 is 2.04 bits per heavy atom. The van der Waals surface area contributed by atoms with Crippen molar-refractivity contribution in [2.45, 2.75) is 18.9 Å². The van der Waals surface area contributed by atoms with Crippen LogP contribution in [0, 0.1) is 0 Å². The van der Waals surface area contributed by atoms with Crippen LogP contribution in [0.5, 0.6) is 5.75 Å². The fourth-order valence-electron chi connectivity index (χ4n) is 2.55. The molecule has 0 saturated carbocycles. The molecule has 2 aromatic rings. The number of thiazole rings is 1. The number of ether oxygens (including phenoxy) is 2. The predicted molar refractivity (Wildman–Crippen MR) is 102 cm³/mol. The lowest BCUT2D eigenvalue weighted by molar-refractivity contribution is -0.142. The number of rotatable bonds is 9. The van der Waals surface area contributed by atoms with Crippen LogP contribution in [0.25, 0.3) is 0 Å². The van der Waals surface area contributed by atoms with E-state index in [2.05, 4.69) is 21.5 Å². The van der Waals surface area contributed by atoms with E-state index < -0.39 is 12.1 Å². The molecule has 142 valence electrons. The van der Waals surface area contributed by atoms with Gasteiger partial charge in [-0.2, -0.15) is 0 Å². The predicted octanol–water partition coefficient (Wildman–Crippen LogP) is 3.12. The highest BCUT2D eigenvalue weighted by Crippen LogP contribution is 2.23. The van der Waals surface area contributed by atoms with Crippen LogP contribution in [-0.2, 0) is 9.53 Å². The highest BCUT2D eigenvalue weighted by molar-refractivity contribution is 7.13. The van der Waals surface area contributed by atoms with Crippen molar-refractivity contribution >= 4 is 28.9 Å². The lowest BCUT2D eigenvalue weighted by atomic mass is 10.0. The van der Waals surface area contributed by atoms with E-state index >= 15 is 0 Å². The summed E-state index contributed by atoms with van der Waals surface area (Å²) in [6.45, 7) is 3.27. The highest BCUT2D eigenvalue weighted by Gasteiger charge is 2.16. The number of esters is 1. The van der Waals surface area contributed by atoms with Crippen LogP contribution in [0.1, 0.15) is 30.2 Å². The van der Waals surface area contributed by atoms with Crippen molar-refractivity contribution in [3.8, 4) is 5.75 Å². The Morgan fingerprint density at radius 1 is 1.35 bits per heavy atom. The van der Waals surface area contributed by atoms with Crippen LogP contribution in [0.15, 0.2) is 29.6 Å². The topological polar surface area (TPSA) is 71.9 Å². The van der Waals surface area contributed by atoms with Crippen LogP contribution in [0.2, 0.25) is 4.47 Å². The third-order valence-corrected chi connectivity index (χ3v) is 4.94. The van der Waals surface area contributed by atoms with E-state index in [9.17, 15) is 9.90 Å². The van der Waals surface area contributed by atoms with Gasteiger partial charge in [0.1, 0.15) is 11.9 Å². The second kappa shape index (κ2) is 9.87. The van der Waals surface area contributed by atoms with Gasteiger partial charge in [-0.3, -0.25) is 0 Å². The van der Waals surface area contributed by atoms with Crippen LogP contribution >= 0.6 is 22.9 Å². The summed E-state index contributed by atoms with van der Waals surface area (Å²) in [6.07, 6.45) is -0.662. The Hall–Kier alpha value is -1.67. The van der Waals surface area contributed by atoms with Crippen molar-refractivity contribution in [1.29, 1.82) is 0 Å². The second-order valence-corrected chi connectivity index (χ2v) is 7.54. The van der Waals surface area contributed by atoms with Gasteiger partial charge in [0.2, 0.25) is 0 Å². The Kier molecular flexibility index (Phi) is 7.84. The molecule has 0 aliphatic carbocycles. The molecule has 1 aromatic carbocycles. The third-order valence-electron chi connectivity index (χ3n) is 3.94. The lowest BCUT2D eigenvalue weighted by Crippen LogP contribution is -2.28. The first-order valence-corrected chi connectivity index (χ1v) is 9.42. The molecule has 6 nitrogen and oxygen atoms in total. The lowest BCUT2D eigenvalue weighted by Gasteiger charge is -2.23. The Bertz CT molecular complexity index is 707. The highest BCUT2D eigenvalue weighted by atomic mass is 35.5. The van der Waals surface area contributed by atoms with Crippen molar-refractivity contribution in [2.24, 2.45) is 0 Å². The summed E-state index contributed by atoms with van der Waals surface area (Å²) in [5.74, 6) is 0.473. The molecule has 0 amide bonds. The summed E-state index contributed by atoms with van der Waals surface area (Å²) in [6, 6.07) is 7.62. The second-order valence-electron chi connectivity index (χ2n) is 6.10. The third kappa shape index (κ3) is 6.25. The van der Waals surface area contributed by atoms with Crippen LogP contribution < -0.4 is 4.74 Å². The van der Waals surface area contributed by atoms with Crippen molar-refractivity contribution in [1.82, 2.24) is 9.88 Å². The van der Waals surface area contributed by atoms with Gasteiger partial charge in [-0.25, -0.2) is 9.78 Å². The summed E-state index contributed by atoms with van der Waals surface area (Å²) >= 11 is 7.13. The summed E-state index contributed by atoms with van der Waals surface area (Å²) in [5.41, 5.74) is 1.75. The number of carbonyl (C=O) groups is 1. The number of aliphatic hydroxyl groups is 1. The summed E-state index contributed by atoms with van der Waals surface area (Å²) in [4.78, 5) is 17.3. The zero-order valence-electron chi connectivity index (χ0n) is 15.0. The van der Waals surface area contributed by atoms with Gasteiger partial charge in [-0.15, -0.1) is 11.3 Å². The van der Waals surface area contributed by atoms with Gasteiger partial charge in [-0.05, 0) is 30.7 Å². The molecule has 26 heavy (non-hydrogen) atoms. The molecule has 0 fully saturated rings. The standard InChI is InChI=1S/C18H23ClN2O4S/c1-12(8-21(2)9-16(22)15-11-26-18(19)20-15)13-4-6-14(7-5-13)25-10-17(23)24-3/h4-7,11-12,16,22H,8-10H2,1-3H3. The van der Waals surface area contributed by atoms with E-state index in [-0.39, 0.29) is 12.5 Å². The average molecular weight is 399 g/mol. The first-order valence-electron chi connectivity index (χ1n) is 8.16. The molecule has 1 heterocycles. The van der Waals surface area contributed by atoms with Gasteiger partial charge in [-0.1, -0.05) is 30.7 Å². The number of hydrogen-bond donors (Lipinski definition) is 1. The van der Waals surface area contributed by atoms with E-state index in [1.807, 2.05) is 31.3 Å². The normalized spacial score (nSPS) is 13.5. The van der Waals surface area contributed by atoms with Gasteiger partial charge in [0, 0.05) is 18.5 Å². The maximum atomic E-state index is 11.1. The summed E-state index contributed by atoms with van der Waals surface area (Å²) in [5, 5.41) is 12.0. The first kappa shape index (κ1) is 20.6. The van der Waals surface area contributed by atoms with Crippen LogP contribution in [0.4, 0.5) is 0 Å². The van der Waals surface area contributed by atoms with Crippen molar-refractivity contribution < 1.29 is 19.4 Å². The molecule has 2 unspecified atom stereocenters. The molecule has 0 radical (unpaired) electrons. The SMILES string of the molecule is COC(=O)COc1ccc(C(C)CN(C)CC(O)c2csc(Cl)n2)cc1. The molecule has 2 rings (SSSR count). The Morgan fingerprint density at radius 3 is 2.62 bits per heavy atom. The number of aliphatic hydroxyl groups excluding tert-OH is 1. The summed E-state index contributed by atoms with van der Waals surface area (Å²) in [7, 11) is 3.29. The van der Waals surface area contributed by atoms with E-state index in [4.69, 9.17) is 16.3 Å². The maximum Gasteiger partial charge on any atom is 0.343 e. The molecule has 1 N–H and O–H groups in total. The number of benzene rings is 1. The largest absolute Gasteiger partial charge is 0.482 e. The number of hydrogen-bond acceptors (Lipinski definition) is 7. The van der Waals surface area contributed by atoms with Gasteiger partial charge >= 0.3 is 5.97 Å². The number of likely N-dealkylation sites (N-methyl/N-ethyl adjacent to an activating group) is 1.